The molecule has 0 radical (unpaired) electrons. The molecule has 0 atom stereocenters. The number of hydrogen-bond donors (Lipinski definition) is 0. The van der Waals surface area contributed by atoms with Crippen molar-refractivity contribution >= 4 is 44.4 Å². The van der Waals surface area contributed by atoms with Crippen molar-refractivity contribution in [3.8, 4) is 33.6 Å². The lowest BCUT2D eigenvalue weighted by Crippen LogP contribution is -2.11. The van der Waals surface area contributed by atoms with Crippen molar-refractivity contribution in [2.24, 2.45) is 0 Å². The first-order valence-corrected chi connectivity index (χ1v) is 16.2. The van der Waals surface area contributed by atoms with Gasteiger partial charge in [-0.3, -0.25) is 4.40 Å². The van der Waals surface area contributed by atoms with Crippen LogP contribution in [0.3, 0.4) is 0 Å². The molecule has 0 aliphatic heterocycles. The lowest BCUT2D eigenvalue weighted by molar-refractivity contribution is 1.12. The summed E-state index contributed by atoms with van der Waals surface area (Å²) in [7, 11) is 0. The van der Waals surface area contributed by atoms with Gasteiger partial charge in [-0.25, -0.2) is 0 Å². The van der Waals surface area contributed by atoms with Gasteiger partial charge in [0.2, 0.25) is 0 Å². The molecule has 226 valence electrons. The summed E-state index contributed by atoms with van der Waals surface area (Å²) in [6, 6.07) is 64.1. The Labute approximate surface area is 278 Å². The fourth-order valence-corrected chi connectivity index (χ4v) is 6.86. The summed E-state index contributed by atoms with van der Waals surface area (Å²) < 4.78 is 2.20. The molecule has 0 N–H and O–H groups in total. The van der Waals surface area contributed by atoms with E-state index >= 15 is 0 Å². The monoisotopic (exact) mass is 614 g/mol. The number of benzene rings is 7. The fraction of sp³-hybridized carbons (Fsp3) is 0. The quantitative estimate of drug-likeness (QED) is 0.175. The van der Waals surface area contributed by atoms with Crippen LogP contribution in [-0.2, 0) is 0 Å². The minimum absolute atomic E-state index is 0.832. The lowest BCUT2D eigenvalue weighted by Gasteiger charge is -2.28. The Bertz CT molecular complexity index is 2550. The SMILES string of the molecule is c1ccc(-c2ccccc2N(c2ccccc2)c2ccc(-c3cccc(-c4nnc5c6ccccc6c6ccccc6n45)c3)cc2)cc1. The van der Waals surface area contributed by atoms with Crippen LogP contribution in [0.2, 0.25) is 0 Å². The highest BCUT2D eigenvalue weighted by Crippen LogP contribution is 2.41. The Balaban J connectivity index is 1.13. The summed E-state index contributed by atoms with van der Waals surface area (Å²) >= 11 is 0. The third-order valence-corrected chi connectivity index (χ3v) is 9.09. The van der Waals surface area contributed by atoms with Gasteiger partial charge in [-0.15, -0.1) is 10.2 Å². The van der Waals surface area contributed by atoms with E-state index in [9.17, 15) is 0 Å². The Morgan fingerprint density at radius 3 is 1.81 bits per heavy atom. The van der Waals surface area contributed by atoms with Gasteiger partial charge in [0.25, 0.3) is 0 Å². The Morgan fingerprint density at radius 2 is 1.00 bits per heavy atom. The van der Waals surface area contributed by atoms with Crippen molar-refractivity contribution < 1.29 is 0 Å². The molecular formula is C44H30N4. The maximum atomic E-state index is 4.74. The topological polar surface area (TPSA) is 33.4 Å². The number of hydrogen-bond acceptors (Lipinski definition) is 3. The molecular weight excluding hydrogens is 585 g/mol. The largest absolute Gasteiger partial charge is 0.310 e. The van der Waals surface area contributed by atoms with E-state index in [1.807, 2.05) is 0 Å². The van der Waals surface area contributed by atoms with Gasteiger partial charge in [-0.05, 0) is 64.5 Å². The predicted octanol–water partition coefficient (Wildman–Crippen LogP) is 11.5. The van der Waals surface area contributed by atoms with Gasteiger partial charge in [0.1, 0.15) is 0 Å². The predicted molar refractivity (Wildman–Crippen MR) is 199 cm³/mol. The smallest absolute Gasteiger partial charge is 0.169 e. The zero-order valence-electron chi connectivity index (χ0n) is 26.1. The normalized spacial score (nSPS) is 11.3. The molecule has 0 unspecified atom stereocenters. The molecule has 9 aromatic rings. The summed E-state index contributed by atoms with van der Waals surface area (Å²) in [6.07, 6.45) is 0. The van der Waals surface area contributed by atoms with Crippen molar-refractivity contribution in [3.63, 3.8) is 0 Å². The van der Waals surface area contributed by atoms with Crippen LogP contribution in [-0.4, -0.2) is 14.6 Å². The van der Waals surface area contributed by atoms with Gasteiger partial charge >= 0.3 is 0 Å². The molecule has 0 fully saturated rings. The second-order valence-corrected chi connectivity index (χ2v) is 11.9. The maximum absolute atomic E-state index is 4.74. The van der Waals surface area contributed by atoms with Crippen LogP contribution in [0.5, 0.6) is 0 Å². The van der Waals surface area contributed by atoms with Crippen LogP contribution in [0.25, 0.3) is 61.0 Å². The van der Waals surface area contributed by atoms with E-state index in [0.29, 0.717) is 0 Å². The van der Waals surface area contributed by atoms with Crippen LogP contribution in [0.4, 0.5) is 17.1 Å². The van der Waals surface area contributed by atoms with Crippen LogP contribution in [0.1, 0.15) is 0 Å². The van der Waals surface area contributed by atoms with Crippen molar-refractivity contribution in [1.82, 2.24) is 14.6 Å². The Morgan fingerprint density at radius 1 is 0.396 bits per heavy atom. The molecule has 2 heterocycles. The van der Waals surface area contributed by atoms with E-state index in [4.69, 9.17) is 10.2 Å². The number of nitrogens with zero attached hydrogens (tertiary/aromatic N) is 4. The summed E-state index contributed by atoms with van der Waals surface area (Å²) in [5.74, 6) is 0.832. The Hall–Kier alpha value is -6.52. The summed E-state index contributed by atoms with van der Waals surface area (Å²) in [5, 5.41) is 12.9. The molecule has 0 bridgehead atoms. The second-order valence-electron chi connectivity index (χ2n) is 11.9. The highest BCUT2D eigenvalue weighted by Gasteiger charge is 2.18. The molecule has 9 rings (SSSR count). The van der Waals surface area contributed by atoms with Crippen LogP contribution >= 0.6 is 0 Å². The molecule has 0 aliphatic carbocycles. The third-order valence-electron chi connectivity index (χ3n) is 9.09. The van der Waals surface area contributed by atoms with Crippen LogP contribution in [0.15, 0.2) is 182 Å². The number of para-hydroxylation sites is 3. The Kier molecular flexibility index (Phi) is 6.76. The van der Waals surface area contributed by atoms with Crippen molar-refractivity contribution in [1.29, 1.82) is 0 Å². The van der Waals surface area contributed by atoms with Gasteiger partial charge in [0.15, 0.2) is 11.5 Å². The van der Waals surface area contributed by atoms with Crippen molar-refractivity contribution in [3.05, 3.63) is 182 Å². The highest BCUT2D eigenvalue weighted by atomic mass is 15.2. The molecule has 0 amide bonds. The maximum Gasteiger partial charge on any atom is 0.169 e. The number of pyridine rings is 1. The third kappa shape index (κ3) is 4.70. The summed E-state index contributed by atoms with van der Waals surface area (Å²) in [4.78, 5) is 2.33. The van der Waals surface area contributed by atoms with Gasteiger partial charge in [-0.1, -0.05) is 140 Å². The van der Waals surface area contributed by atoms with Gasteiger partial charge in [0, 0.05) is 33.3 Å². The highest BCUT2D eigenvalue weighted by molar-refractivity contribution is 6.12. The van der Waals surface area contributed by atoms with Crippen LogP contribution in [0, 0.1) is 0 Å². The zero-order valence-corrected chi connectivity index (χ0v) is 26.1. The van der Waals surface area contributed by atoms with E-state index in [2.05, 4.69) is 191 Å². The zero-order chi connectivity index (χ0) is 31.9. The van der Waals surface area contributed by atoms with E-state index in [0.717, 1.165) is 56.1 Å². The van der Waals surface area contributed by atoms with E-state index < -0.39 is 0 Å². The summed E-state index contributed by atoms with van der Waals surface area (Å²) in [5.41, 5.74) is 10.9. The molecule has 48 heavy (non-hydrogen) atoms. The molecule has 0 spiro atoms. The van der Waals surface area contributed by atoms with Gasteiger partial charge in [0.05, 0.1) is 11.2 Å². The number of aromatic nitrogens is 3. The first-order valence-electron chi connectivity index (χ1n) is 16.2. The number of fused-ring (bicyclic) bond motifs is 6. The van der Waals surface area contributed by atoms with Crippen molar-refractivity contribution in [2.45, 2.75) is 0 Å². The van der Waals surface area contributed by atoms with Gasteiger partial charge < -0.3 is 4.90 Å². The van der Waals surface area contributed by atoms with E-state index in [1.54, 1.807) is 0 Å². The molecule has 0 saturated heterocycles. The molecule has 2 aromatic heterocycles. The fourth-order valence-electron chi connectivity index (χ4n) is 6.86. The molecule has 4 heteroatoms. The first-order chi connectivity index (χ1) is 23.8. The first kappa shape index (κ1) is 27.8. The molecule has 4 nitrogen and oxygen atoms in total. The molecule has 0 aliphatic rings. The second kappa shape index (κ2) is 11.7. The summed E-state index contributed by atoms with van der Waals surface area (Å²) in [6.45, 7) is 0. The van der Waals surface area contributed by atoms with Crippen molar-refractivity contribution in [2.75, 3.05) is 4.90 Å². The number of rotatable bonds is 6. The van der Waals surface area contributed by atoms with E-state index in [1.165, 1.54) is 21.9 Å². The molecule has 7 aromatic carbocycles. The van der Waals surface area contributed by atoms with Crippen LogP contribution < -0.4 is 4.90 Å². The minimum Gasteiger partial charge on any atom is -0.310 e. The number of anilines is 3. The standard InChI is InChI=1S/C44H30N4/c1-3-14-32(15-4-1)37-20-9-11-24-41(37)47(35-18-5-2-6-19-35)36-28-26-31(27-29-36)33-16-13-17-34(30-33)43-45-46-44-40-23-8-7-21-38(40)39-22-10-12-25-42(39)48(43)44/h1-30H. The average Bonchev–Trinajstić information content (AvgIpc) is 3.63. The minimum atomic E-state index is 0.832. The molecule has 0 saturated carbocycles. The average molecular weight is 615 g/mol. The lowest BCUT2D eigenvalue weighted by atomic mass is 10.0. The van der Waals surface area contributed by atoms with E-state index in [-0.39, 0.29) is 0 Å². The van der Waals surface area contributed by atoms with Gasteiger partial charge in [-0.2, -0.15) is 0 Å².